The van der Waals surface area contributed by atoms with Gasteiger partial charge in [0.05, 0.1) is 6.26 Å². The van der Waals surface area contributed by atoms with Gasteiger partial charge in [-0.1, -0.05) is 0 Å². The molecule has 2 heterocycles. The zero-order valence-electron chi connectivity index (χ0n) is 11.3. The lowest BCUT2D eigenvalue weighted by Gasteiger charge is -2.26. The standard InChI is InChI=1S/C12H25N3O2S/c1-18(16,17)15(12-5-6-13-11-12)10-4-9-14-7-2-3-8-14/h12-13H,2-11H2,1H3. The van der Waals surface area contributed by atoms with E-state index in [2.05, 4.69) is 10.2 Å². The van der Waals surface area contributed by atoms with Gasteiger partial charge < -0.3 is 10.2 Å². The summed E-state index contributed by atoms with van der Waals surface area (Å²) in [5.74, 6) is 0. The lowest BCUT2D eigenvalue weighted by atomic mass is 10.2. The first-order valence-electron chi connectivity index (χ1n) is 6.97. The topological polar surface area (TPSA) is 52.7 Å². The second kappa shape index (κ2) is 6.32. The van der Waals surface area contributed by atoms with Crippen LogP contribution in [0, 0.1) is 0 Å². The molecule has 0 saturated carbocycles. The summed E-state index contributed by atoms with van der Waals surface area (Å²) in [6.45, 7) is 5.81. The van der Waals surface area contributed by atoms with E-state index in [4.69, 9.17) is 0 Å². The molecule has 6 heteroatoms. The molecular weight excluding hydrogens is 250 g/mol. The Morgan fingerprint density at radius 3 is 2.61 bits per heavy atom. The number of likely N-dealkylation sites (tertiary alicyclic amines) is 1. The van der Waals surface area contributed by atoms with E-state index in [9.17, 15) is 8.42 Å². The molecule has 0 aliphatic carbocycles. The average molecular weight is 275 g/mol. The molecule has 2 rings (SSSR count). The maximum Gasteiger partial charge on any atom is 0.211 e. The number of rotatable bonds is 6. The van der Waals surface area contributed by atoms with Crippen LogP contribution in [0.1, 0.15) is 25.7 Å². The van der Waals surface area contributed by atoms with Gasteiger partial charge in [0.2, 0.25) is 10.0 Å². The summed E-state index contributed by atoms with van der Waals surface area (Å²) in [4.78, 5) is 2.44. The van der Waals surface area contributed by atoms with Gasteiger partial charge in [0.1, 0.15) is 0 Å². The lowest BCUT2D eigenvalue weighted by Crippen LogP contribution is -2.42. The van der Waals surface area contributed by atoms with Crippen molar-refractivity contribution in [3.8, 4) is 0 Å². The average Bonchev–Trinajstić information content (AvgIpc) is 2.95. The molecule has 0 radical (unpaired) electrons. The molecule has 0 aromatic rings. The zero-order chi connectivity index (χ0) is 13.0. The zero-order valence-corrected chi connectivity index (χ0v) is 12.1. The van der Waals surface area contributed by atoms with Crippen molar-refractivity contribution in [2.45, 2.75) is 31.7 Å². The van der Waals surface area contributed by atoms with Crippen LogP contribution in [0.25, 0.3) is 0 Å². The van der Waals surface area contributed by atoms with E-state index in [0.29, 0.717) is 6.54 Å². The van der Waals surface area contributed by atoms with Crippen molar-refractivity contribution in [2.24, 2.45) is 0 Å². The van der Waals surface area contributed by atoms with E-state index in [1.165, 1.54) is 32.2 Å². The third-order valence-electron chi connectivity index (χ3n) is 3.92. The van der Waals surface area contributed by atoms with Gasteiger partial charge in [0, 0.05) is 19.1 Å². The molecular formula is C12H25N3O2S. The van der Waals surface area contributed by atoms with Crippen LogP contribution in [0.5, 0.6) is 0 Å². The number of nitrogens with zero attached hydrogens (tertiary/aromatic N) is 2. The Balaban J connectivity index is 1.81. The van der Waals surface area contributed by atoms with Crippen molar-refractivity contribution >= 4 is 10.0 Å². The van der Waals surface area contributed by atoms with Gasteiger partial charge in [-0.2, -0.15) is 4.31 Å². The fourth-order valence-corrected chi connectivity index (χ4v) is 4.14. The van der Waals surface area contributed by atoms with Gasteiger partial charge in [0.25, 0.3) is 0 Å². The minimum absolute atomic E-state index is 0.165. The van der Waals surface area contributed by atoms with Gasteiger partial charge in [-0.05, 0) is 51.9 Å². The smallest absolute Gasteiger partial charge is 0.211 e. The maximum absolute atomic E-state index is 11.8. The Morgan fingerprint density at radius 1 is 1.33 bits per heavy atom. The number of hydrogen-bond acceptors (Lipinski definition) is 4. The molecule has 0 spiro atoms. The van der Waals surface area contributed by atoms with Crippen molar-refractivity contribution in [1.29, 1.82) is 0 Å². The molecule has 2 aliphatic rings. The maximum atomic E-state index is 11.8. The van der Waals surface area contributed by atoms with E-state index in [1.54, 1.807) is 4.31 Å². The minimum Gasteiger partial charge on any atom is -0.315 e. The van der Waals surface area contributed by atoms with E-state index in [-0.39, 0.29) is 6.04 Å². The first-order valence-corrected chi connectivity index (χ1v) is 8.82. The summed E-state index contributed by atoms with van der Waals surface area (Å²) in [6, 6.07) is 0.165. The van der Waals surface area contributed by atoms with Gasteiger partial charge in [-0.3, -0.25) is 0 Å². The SMILES string of the molecule is CS(=O)(=O)N(CCCN1CCCC1)C1CCNC1. The van der Waals surface area contributed by atoms with Gasteiger partial charge in [-0.25, -0.2) is 8.42 Å². The van der Waals surface area contributed by atoms with Crippen LogP contribution in [0.15, 0.2) is 0 Å². The Kier molecular flexibility index (Phi) is 5.00. The minimum atomic E-state index is -3.07. The highest BCUT2D eigenvalue weighted by Crippen LogP contribution is 2.14. The van der Waals surface area contributed by atoms with Crippen LogP contribution in [-0.2, 0) is 10.0 Å². The van der Waals surface area contributed by atoms with Crippen LogP contribution in [-0.4, -0.2) is 69.2 Å². The van der Waals surface area contributed by atoms with Crippen molar-refractivity contribution in [1.82, 2.24) is 14.5 Å². The molecule has 2 saturated heterocycles. The quantitative estimate of drug-likeness (QED) is 0.747. The Labute approximate surface area is 111 Å². The van der Waals surface area contributed by atoms with Crippen LogP contribution in [0.2, 0.25) is 0 Å². The van der Waals surface area contributed by atoms with E-state index < -0.39 is 10.0 Å². The van der Waals surface area contributed by atoms with Gasteiger partial charge >= 0.3 is 0 Å². The largest absolute Gasteiger partial charge is 0.315 e. The molecule has 106 valence electrons. The van der Waals surface area contributed by atoms with Crippen molar-refractivity contribution in [2.75, 3.05) is 45.5 Å². The lowest BCUT2D eigenvalue weighted by molar-refractivity contribution is 0.286. The molecule has 2 fully saturated rings. The third-order valence-corrected chi connectivity index (χ3v) is 5.25. The predicted octanol–water partition coefficient (Wildman–Crippen LogP) is 0.0958. The second-order valence-electron chi connectivity index (χ2n) is 5.42. The molecule has 1 N–H and O–H groups in total. The Morgan fingerprint density at radius 2 is 2.06 bits per heavy atom. The van der Waals surface area contributed by atoms with Crippen LogP contribution >= 0.6 is 0 Å². The summed E-state index contributed by atoms with van der Waals surface area (Å²) >= 11 is 0. The van der Waals surface area contributed by atoms with Crippen molar-refractivity contribution in [3.63, 3.8) is 0 Å². The summed E-state index contributed by atoms with van der Waals surface area (Å²) in [6.07, 6.45) is 5.81. The first-order chi connectivity index (χ1) is 8.57. The third kappa shape index (κ3) is 3.91. The van der Waals surface area contributed by atoms with Crippen LogP contribution < -0.4 is 5.32 Å². The molecule has 1 atom stereocenters. The molecule has 0 aromatic heterocycles. The fraction of sp³-hybridized carbons (Fsp3) is 1.00. The summed E-state index contributed by atoms with van der Waals surface area (Å²) in [5, 5.41) is 3.24. The molecule has 0 amide bonds. The number of sulfonamides is 1. The molecule has 5 nitrogen and oxygen atoms in total. The predicted molar refractivity (Wildman–Crippen MR) is 73.1 cm³/mol. The van der Waals surface area contributed by atoms with E-state index in [1.807, 2.05) is 0 Å². The van der Waals surface area contributed by atoms with Crippen molar-refractivity contribution in [3.05, 3.63) is 0 Å². The summed E-state index contributed by atoms with van der Waals surface area (Å²) in [7, 11) is -3.07. The van der Waals surface area contributed by atoms with Gasteiger partial charge in [0.15, 0.2) is 0 Å². The highest BCUT2D eigenvalue weighted by molar-refractivity contribution is 7.88. The van der Waals surface area contributed by atoms with Crippen LogP contribution in [0.4, 0.5) is 0 Å². The summed E-state index contributed by atoms with van der Waals surface area (Å²) < 4.78 is 25.4. The molecule has 0 bridgehead atoms. The molecule has 2 aliphatic heterocycles. The van der Waals surface area contributed by atoms with E-state index >= 15 is 0 Å². The Hall–Kier alpha value is -0.170. The number of nitrogens with one attached hydrogen (secondary N) is 1. The Bertz CT molecular complexity index is 346. The van der Waals surface area contributed by atoms with E-state index in [0.717, 1.165) is 32.5 Å². The van der Waals surface area contributed by atoms with Crippen molar-refractivity contribution < 1.29 is 8.42 Å². The van der Waals surface area contributed by atoms with Gasteiger partial charge in [-0.15, -0.1) is 0 Å². The first kappa shape index (κ1) is 14.2. The normalized spacial score (nSPS) is 26.2. The van der Waals surface area contributed by atoms with Crippen LogP contribution in [0.3, 0.4) is 0 Å². The fourth-order valence-electron chi connectivity index (χ4n) is 2.96. The summed E-state index contributed by atoms with van der Waals surface area (Å²) in [5.41, 5.74) is 0. The number of hydrogen-bond donors (Lipinski definition) is 1. The highest BCUT2D eigenvalue weighted by Gasteiger charge is 2.28. The molecule has 18 heavy (non-hydrogen) atoms. The molecule has 1 unspecified atom stereocenters. The second-order valence-corrected chi connectivity index (χ2v) is 7.36. The monoisotopic (exact) mass is 275 g/mol. The highest BCUT2D eigenvalue weighted by atomic mass is 32.2. The molecule has 0 aromatic carbocycles.